The number of hydrogen-bond donors (Lipinski definition) is 0. The number of amides is 2. The van der Waals surface area contributed by atoms with E-state index in [0.29, 0.717) is 34.8 Å². The fourth-order valence-corrected chi connectivity index (χ4v) is 4.17. The third kappa shape index (κ3) is 5.46. The average Bonchev–Trinajstić information content (AvgIpc) is 3.08. The molecule has 0 saturated carbocycles. The van der Waals surface area contributed by atoms with Gasteiger partial charge in [0.2, 0.25) is 0 Å². The first-order valence-corrected chi connectivity index (χ1v) is 11.4. The van der Waals surface area contributed by atoms with E-state index in [1.54, 1.807) is 42.5 Å². The fraction of sp³-hybridized carbons (Fsp3) is 0.154. The van der Waals surface area contributed by atoms with E-state index < -0.39 is 11.1 Å². The summed E-state index contributed by atoms with van der Waals surface area (Å²) >= 11 is 0.842. The van der Waals surface area contributed by atoms with Crippen LogP contribution in [-0.2, 0) is 17.9 Å². The Balaban J connectivity index is 1.51. The van der Waals surface area contributed by atoms with Gasteiger partial charge >= 0.3 is 0 Å². The van der Waals surface area contributed by atoms with Crippen molar-refractivity contribution < 1.29 is 27.8 Å². The van der Waals surface area contributed by atoms with E-state index in [2.05, 4.69) is 0 Å². The number of carbonyl (C=O) groups excluding carboxylic acids is 2. The Morgan fingerprint density at radius 1 is 0.941 bits per heavy atom. The topological polar surface area (TPSA) is 55.8 Å². The van der Waals surface area contributed by atoms with Crippen molar-refractivity contribution in [3.63, 3.8) is 0 Å². The summed E-state index contributed by atoms with van der Waals surface area (Å²) in [5.41, 5.74) is 1.72. The molecule has 8 heteroatoms. The lowest BCUT2D eigenvalue weighted by Gasteiger charge is -2.13. The van der Waals surface area contributed by atoms with Crippen molar-refractivity contribution in [2.45, 2.75) is 20.1 Å². The summed E-state index contributed by atoms with van der Waals surface area (Å²) in [5, 5.41) is -0.393. The number of imide groups is 1. The van der Waals surface area contributed by atoms with Gasteiger partial charge in [-0.2, -0.15) is 0 Å². The van der Waals surface area contributed by atoms with Gasteiger partial charge in [-0.1, -0.05) is 36.4 Å². The minimum absolute atomic E-state index is 0.0361. The Morgan fingerprint density at radius 3 is 2.44 bits per heavy atom. The van der Waals surface area contributed by atoms with Gasteiger partial charge in [0.05, 0.1) is 18.1 Å². The molecular formula is C26H21F2NO4S. The van der Waals surface area contributed by atoms with Gasteiger partial charge in [-0.05, 0) is 66.2 Å². The first-order valence-electron chi connectivity index (χ1n) is 10.6. The number of halogens is 2. The zero-order valence-electron chi connectivity index (χ0n) is 18.3. The maximum Gasteiger partial charge on any atom is 0.293 e. The molecule has 3 aromatic rings. The smallest absolute Gasteiger partial charge is 0.293 e. The standard InChI is InChI=1S/C26H21F2NO4S/c1-2-32-23-13-18(9-12-22(23)33-16-19-5-3-4-6-21(19)28)14-24-25(30)29(26(31)34-24)15-17-7-10-20(27)11-8-17/h3-14H,2,15-16H2,1H3/b24-14+. The third-order valence-corrected chi connectivity index (χ3v) is 5.94. The maximum absolute atomic E-state index is 13.9. The average molecular weight is 482 g/mol. The molecule has 1 fully saturated rings. The van der Waals surface area contributed by atoms with E-state index in [0.717, 1.165) is 16.7 Å². The molecule has 2 amide bonds. The minimum Gasteiger partial charge on any atom is -0.490 e. The largest absolute Gasteiger partial charge is 0.490 e. The van der Waals surface area contributed by atoms with Crippen molar-refractivity contribution in [1.82, 2.24) is 4.90 Å². The molecule has 174 valence electrons. The Hall–Kier alpha value is -3.65. The third-order valence-electron chi connectivity index (χ3n) is 5.03. The van der Waals surface area contributed by atoms with Crippen LogP contribution in [0.4, 0.5) is 13.6 Å². The number of benzene rings is 3. The van der Waals surface area contributed by atoms with Gasteiger partial charge in [0.25, 0.3) is 11.1 Å². The van der Waals surface area contributed by atoms with E-state index in [4.69, 9.17) is 9.47 Å². The van der Waals surface area contributed by atoms with Gasteiger partial charge in [-0.25, -0.2) is 8.78 Å². The molecule has 1 heterocycles. The Morgan fingerprint density at radius 2 is 1.71 bits per heavy atom. The van der Waals surface area contributed by atoms with Crippen LogP contribution < -0.4 is 9.47 Å². The summed E-state index contributed by atoms with van der Waals surface area (Å²) in [6.07, 6.45) is 1.61. The van der Waals surface area contributed by atoms with Crippen LogP contribution in [0, 0.1) is 11.6 Å². The first-order chi connectivity index (χ1) is 16.4. The van der Waals surface area contributed by atoms with Gasteiger partial charge < -0.3 is 9.47 Å². The SMILES string of the molecule is CCOc1cc(/C=C2/SC(=O)N(Cc3ccc(F)cc3)C2=O)ccc1OCc1ccccc1F. The van der Waals surface area contributed by atoms with E-state index >= 15 is 0 Å². The number of carbonyl (C=O) groups is 2. The van der Waals surface area contributed by atoms with E-state index in [-0.39, 0.29) is 29.7 Å². The predicted octanol–water partition coefficient (Wildman–Crippen LogP) is 6.18. The normalized spacial score (nSPS) is 14.7. The van der Waals surface area contributed by atoms with Crippen molar-refractivity contribution >= 4 is 29.0 Å². The lowest BCUT2D eigenvalue weighted by molar-refractivity contribution is -0.123. The molecule has 0 atom stereocenters. The molecule has 1 aliphatic rings. The molecular weight excluding hydrogens is 460 g/mol. The van der Waals surface area contributed by atoms with Gasteiger partial charge in [0.15, 0.2) is 11.5 Å². The fourth-order valence-electron chi connectivity index (χ4n) is 3.33. The van der Waals surface area contributed by atoms with Gasteiger partial charge in [0, 0.05) is 5.56 Å². The Bertz CT molecular complexity index is 1240. The molecule has 0 bridgehead atoms. The highest BCUT2D eigenvalue weighted by atomic mass is 32.2. The van der Waals surface area contributed by atoms with E-state index in [9.17, 15) is 18.4 Å². The summed E-state index contributed by atoms with van der Waals surface area (Å²) in [7, 11) is 0. The van der Waals surface area contributed by atoms with Gasteiger partial charge in [-0.15, -0.1) is 0 Å². The van der Waals surface area contributed by atoms with Crippen LogP contribution in [0.25, 0.3) is 6.08 Å². The van der Waals surface area contributed by atoms with Crippen LogP contribution in [0.3, 0.4) is 0 Å². The predicted molar refractivity (Wildman–Crippen MR) is 126 cm³/mol. The Kier molecular flexibility index (Phi) is 7.27. The second kappa shape index (κ2) is 10.5. The molecule has 4 rings (SSSR count). The van der Waals surface area contributed by atoms with Gasteiger partial charge in [-0.3, -0.25) is 14.5 Å². The molecule has 1 saturated heterocycles. The lowest BCUT2D eigenvalue weighted by atomic mass is 10.1. The first kappa shape index (κ1) is 23.5. The maximum atomic E-state index is 13.9. The van der Waals surface area contributed by atoms with Crippen LogP contribution in [0.15, 0.2) is 71.6 Å². The number of hydrogen-bond acceptors (Lipinski definition) is 5. The minimum atomic E-state index is -0.419. The Labute approximate surface area is 200 Å². The number of ether oxygens (including phenoxy) is 2. The summed E-state index contributed by atoms with van der Waals surface area (Å²) in [6, 6.07) is 17.1. The van der Waals surface area contributed by atoms with Crippen LogP contribution in [-0.4, -0.2) is 22.7 Å². The van der Waals surface area contributed by atoms with E-state index in [1.807, 2.05) is 6.92 Å². The molecule has 0 radical (unpaired) electrons. The highest BCUT2D eigenvalue weighted by Crippen LogP contribution is 2.35. The lowest BCUT2D eigenvalue weighted by Crippen LogP contribution is -2.27. The quantitative estimate of drug-likeness (QED) is 0.360. The molecule has 5 nitrogen and oxygen atoms in total. The summed E-state index contributed by atoms with van der Waals surface area (Å²) in [5.74, 6) is -0.278. The molecule has 0 N–H and O–H groups in total. The monoisotopic (exact) mass is 481 g/mol. The molecule has 0 unspecified atom stereocenters. The summed E-state index contributed by atoms with van der Waals surface area (Å²) in [6.45, 7) is 2.31. The number of nitrogens with zero attached hydrogens (tertiary/aromatic N) is 1. The molecule has 3 aromatic carbocycles. The van der Waals surface area contributed by atoms with Crippen molar-refractivity contribution in [1.29, 1.82) is 0 Å². The van der Waals surface area contributed by atoms with Crippen molar-refractivity contribution in [3.05, 3.63) is 100.0 Å². The van der Waals surface area contributed by atoms with Crippen molar-refractivity contribution in [2.24, 2.45) is 0 Å². The molecule has 0 aliphatic carbocycles. The number of thioether (sulfide) groups is 1. The van der Waals surface area contributed by atoms with Gasteiger partial charge in [0.1, 0.15) is 18.2 Å². The summed E-state index contributed by atoms with van der Waals surface area (Å²) in [4.78, 5) is 26.6. The highest BCUT2D eigenvalue weighted by molar-refractivity contribution is 8.18. The highest BCUT2D eigenvalue weighted by Gasteiger charge is 2.35. The van der Waals surface area contributed by atoms with Crippen LogP contribution in [0.1, 0.15) is 23.6 Å². The zero-order valence-corrected chi connectivity index (χ0v) is 19.1. The zero-order chi connectivity index (χ0) is 24.1. The van der Waals surface area contributed by atoms with Crippen LogP contribution >= 0.6 is 11.8 Å². The van der Waals surface area contributed by atoms with Crippen molar-refractivity contribution in [3.8, 4) is 11.5 Å². The van der Waals surface area contributed by atoms with Crippen molar-refractivity contribution in [2.75, 3.05) is 6.61 Å². The molecule has 34 heavy (non-hydrogen) atoms. The number of rotatable bonds is 8. The summed E-state index contributed by atoms with van der Waals surface area (Å²) < 4.78 is 38.5. The van der Waals surface area contributed by atoms with Crippen LogP contribution in [0.2, 0.25) is 0 Å². The van der Waals surface area contributed by atoms with Crippen LogP contribution in [0.5, 0.6) is 11.5 Å². The second-order valence-corrected chi connectivity index (χ2v) is 8.41. The van der Waals surface area contributed by atoms with E-state index in [1.165, 1.54) is 30.3 Å². The molecule has 1 aliphatic heterocycles. The molecule has 0 aromatic heterocycles. The second-order valence-electron chi connectivity index (χ2n) is 7.41. The molecule has 0 spiro atoms.